The molecule has 2 aliphatic rings. The third kappa shape index (κ3) is 1.99. The molecule has 3 N–H and O–H groups in total. The Morgan fingerprint density at radius 3 is 2.21 bits per heavy atom. The molecular formula is C15H22N2O2. The maximum absolute atomic E-state index is 5.84. The number of nitrogens with two attached hydrogens (primary N) is 1. The normalized spacial score (nSPS) is 29.7. The summed E-state index contributed by atoms with van der Waals surface area (Å²) in [6.07, 6.45) is 4.04. The number of hydrogen-bond acceptors (Lipinski definition) is 4. The van der Waals surface area contributed by atoms with E-state index in [1.165, 1.54) is 19.3 Å². The van der Waals surface area contributed by atoms with Crippen molar-refractivity contribution >= 4 is 0 Å². The van der Waals surface area contributed by atoms with Gasteiger partial charge in [-0.25, -0.2) is 0 Å². The fourth-order valence-corrected chi connectivity index (χ4v) is 3.94. The Balaban J connectivity index is 1.94. The van der Waals surface area contributed by atoms with Crippen LogP contribution in [0.3, 0.4) is 0 Å². The van der Waals surface area contributed by atoms with Gasteiger partial charge in [0.05, 0.1) is 25.8 Å². The minimum atomic E-state index is 0.126. The molecule has 3 rings (SSSR count). The van der Waals surface area contributed by atoms with E-state index >= 15 is 0 Å². The molecule has 0 spiro atoms. The van der Waals surface area contributed by atoms with Gasteiger partial charge in [-0.2, -0.15) is 0 Å². The van der Waals surface area contributed by atoms with Crippen LogP contribution in [0, 0.1) is 17.8 Å². The lowest BCUT2D eigenvalue weighted by Gasteiger charge is -2.23. The first-order valence-corrected chi connectivity index (χ1v) is 6.98. The van der Waals surface area contributed by atoms with Gasteiger partial charge in [0.15, 0.2) is 0 Å². The lowest BCUT2D eigenvalue weighted by Crippen LogP contribution is -2.31. The number of nitrogens with one attached hydrogen (secondary N) is 1. The van der Waals surface area contributed by atoms with E-state index in [1.54, 1.807) is 14.2 Å². The highest BCUT2D eigenvalue weighted by Crippen LogP contribution is 2.63. The topological polar surface area (TPSA) is 56.5 Å². The van der Waals surface area contributed by atoms with Gasteiger partial charge in [-0.3, -0.25) is 11.3 Å². The van der Waals surface area contributed by atoms with Crippen LogP contribution in [0.25, 0.3) is 0 Å². The van der Waals surface area contributed by atoms with Crippen LogP contribution in [0.5, 0.6) is 11.5 Å². The molecule has 104 valence electrons. The Bertz CT molecular complexity index is 431. The molecule has 1 aromatic carbocycles. The molecule has 0 amide bonds. The van der Waals surface area contributed by atoms with Crippen molar-refractivity contribution < 1.29 is 9.47 Å². The predicted octanol–water partition coefficient (Wildman–Crippen LogP) is 2.25. The van der Waals surface area contributed by atoms with Crippen LogP contribution in [0.15, 0.2) is 18.2 Å². The number of methoxy groups -OCH3 is 2. The van der Waals surface area contributed by atoms with E-state index < -0.39 is 0 Å². The smallest absolute Gasteiger partial charge is 0.127 e. The maximum atomic E-state index is 5.84. The summed E-state index contributed by atoms with van der Waals surface area (Å²) < 4.78 is 11.0. The fourth-order valence-electron chi connectivity index (χ4n) is 3.94. The summed E-state index contributed by atoms with van der Waals surface area (Å²) in [7, 11) is 3.39. The SMILES string of the molecule is COc1cccc(OC)c1C(NN)C1C2CCCC21. The molecular weight excluding hydrogens is 240 g/mol. The molecule has 2 saturated carbocycles. The van der Waals surface area contributed by atoms with Crippen LogP contribution >= 0.6 is 0 Å². The second-order valence-electron chi connectivity index (χ2n) is 5.56. The molecule has 3 unspecified atom stereocenters. The zero-order valence-electron chi connectivity index (χ0n) is 11.6. The first-order valence-electron chi connectivity index (χ1n) is 6.98. The summed E-state index contributed by atoms with van der Waals surface area (Å²) in [4.78, 5) is 0. The molecule has 3 atom stereocenters. The van der Waals surface area contributed by atoms with E-state index in [1.807, 2.05) is 18.2 Å². The van der Waals surface area contributed by atoms with Gasteiger partial charge in [0.25, 0.3) is 0 Å². The summed E-state index contributed by atoms with van der Waals surface area (Å²) in [5, 5.41) is 0. The number of fused-ring (bicyclic) bond motifs is 1. The van der Waals surface area contributed by atoms with E-state index in [9.17, 15) is 0 Å². The molecule has 0 saturated heterocycles. The van der Waals surface area contributed by atoms with E-state index in [0.29, 0.717) is 5.92 Å². The van der Waals surface area contributed by atoms with Gasteiger partial charge in [0.1, 0.15) is 11.5 Å². The van der Waals surface area contributed by atoms with Crippen LogP contribution in [0.1, 0.15) is 30.9 Å². The Morgan fingerprint density at radius 1 is 1.16 bits per heavy atom. The van der Waals surface area contributed by atoms with Crippen molar-refractivity contribution in [3.05, 3.63) is 23.8 Å². The zero-order chi connectivity index (χ0) is 13.4. The summed E-state index contributed by atoms with van der Waals surface area (Å²) in [5.74, 6) is 9.83. The Hall–Kier alpha value is -1.26. The van der Waals surface area contributed by atoms with Gasteiger partial charge >= 0.3 is 0 Å². The van der Waals surface area contributed by atoms with Crippen molar-refractivity contribution in [2.45, 2.75) is 25.3 Å². The maximum Gasteiger partial charge on any atom is 0.127 e. The fraction of sp³-hybridized carbons (Fsp3) is 0.600. The summed E-state index contributed by atoms with van der Waals surface area (Å²) in [6, 6.07) is 6.02. The molecule has 2 fully saturated rings. The molecule has 19 heavy (non-hydrogen) atoms. The highest BCUT2D eigenvalue weighted by Gasteiger charge is 2.56. The van der Waals surface area contributed by atoms with Crippen LogP contribution < -0.4 is 20.7 Å². The lowest BCUT2D eigenvalue weighted by atomic mass is 9.95. The highest BCUT2D eigenvalue weighted by molar-refractivity contribution is 5.48. The largest absolute Gasteiger partial charge is 0.496 e. The molecule has 0 bridgehead atoms. The third-order valence-corrected chi connectivity index (χ3v) is 4.81. The van der Waals surface area contributed by atoms with Gasteiger partial charge in [0.2, 0.25) is 0 Å². The van der Waals surface area contributed by atoms with Crippen LogP contribution in [-0.4, -0.2) is 14.2 Å². The van der Waals surface area contributed by atoms with Crippen LogP contribution in [0.2, 0.25) is 0 Å². The van der Waals surface area contributed by atoms with Crippen molar-refractivity contribution in [2.24, 2.45) is 23.6 Å². The number of hydrogen-bond donors (Lipinski definition) is 2. The van der Waals surface area contributed by atoms with Crippen molar-refractivity contribution in [1.29, 1.82) is 0 Å². The van der Waals surface area contributed by atoms with Crippen molar-refractivity contribution in [2.75, 3.05) is 14.2 Å². The van der Waals surface area contributed by atoms with Crippen molar-refractivity contribution in [1.82, 2.24) is 5.43 Å². The van der Waals surface area contributed by atoms with Crippen molar-refractivity contribution in [3.63, 3.8) is 0 Å². The van der Waals surface area contributed by atoms with Gasteiger partial charge in [-0.15, -0.1) is 0 Å². The van der Waals surface area contributed by atoms with Crippen LogP contribution in [-0.2, 0) is 0 Å². The molecule has 0 aromatic heterocycles. The molecule has 2 aliphatic carbocycles. The van der Waals surface area contributed by atoms with Crippen molar-refractivity contribution in [3.8, 4) is 11.5 Å². The first kappa shape index (κ1) is 12.8. The summed E-state index contributed by atoms with van der Waals surface area (Å²) >= 11 is 0. The second-order valence-corrected chi connectivity index (χ2v) is 5.56. The summed E-state index contributed by atoms with van der Waals surface area (Å²) in [5.41, 5.74) is 4.06. The van der Waals surface area contributed by atoms with E-state index in [-0.39, 0.29) is 6.04 Å². The molecule has 0 heterocycles. The molecule has 4 nitrogen and oxygen atoms in total. The first-order chi connectivity index (χ1) is 9.31. The standard InChI is InChI=1S/C15H22N2O2/c1-18-11-7-4-8-12(19-2)14(11)15(17-16)13-9-5-3-6-10(9)13/h4,7-10,13,15,17H,3,5-6,16H2,1-2H3. The van der Waals surface area contributed by atoms with Gasteiger partial charge in [0, 0.05) is 0 Å². The predicted molar refractivity (Wildman–Crippen MR) is 73.9 cm³/mol. The number of hydrazine groups is 1. The third-order valence-electron chi connectivity index (χ3n) is 4.81. The molecule has 0 radical (unpaired) electrons. The average Bonchev–Trinajstić information content (AvgIpc) is 2.92. The number of ether oxygens (including phenoxy) is 2. The monoisotopic (exact) mass is 262 g/mol. The summed E-state index contributed by atoms with van der Waals surface area (Å²) in [6.45, 7) is 0. The zero-order valence-corrected chi connectivity index (χ0v) is 11.6. The van der Waals surface area contributed by atoms with E-state index in [2.05, 4.69) is 5.43 Å². The quantitative estimate of drug-likeness (QED) is 0.631. The number of rotatable bonds is 5. The van der Waals surface area contributed by atoms with E-state index in [0.717, 1.165) is 28.9 Å². The molecule has 1 aromatic rings. The molecule has 4 heteroatoms. The Morgan fingerprint density at radius 2 is 1.74 bits per heavy atom. The van der Waals surface area contributed by atoms with Gasteiger partial charge < -0.3 is 9.47 Å². The van der Waals surface area contributed by atoms with Crippen LogP contribution in [0.4, 0.5) is 0 Å². The minimum Gasteiger partial charge on any atom is -0.496 e. The second kappa shape index (κ2) is 5.02. The van der Waals surface area contributed by atoms with Gasteiger partial charge in [-0.05, 0) is 42.7 Å². The lowest BCUT2D eigenvalue weighted by molar-refractivity contribution is 0.350. The Labute approximate surface area is 114 Å². The number of benzene rings is 1. The van der Waals surface area contributed by atoms with Gasteiger partial charge in [-0.1, -0.05) is 12.5 Å². The molecule has 0 aliphatic heterocycles. The average molecular weight is 262 g/mol. The highest BCUT2D eigenvalue weighted by atomic mass is 16.5. The van der Waals surface area contributed by atoms with E-state index in [4.69, 9.17) is 15.3 Å². The Kier molecular flexibility index (Phi) is 3.37. The minimum absolute atomic E-state index is 0.126.